The highest BCUT2D eigenvalue weighted by Crippen LogP contribution is 2.24. The van der Waals surface area contributed by atoms with Gasteiger partial charge in [-0.25, -0.2) is 9.48 Å². The molecule has 21 heavy (non-hydrogen) atoms. The molecular weight excluding hydrogens is 284 g/mol. The molecule has 1 aromatic carbocycles. The first-order chi connectivity index (χ1) is 9.90. The number of hydrogen-bond acceptors (Lipinski definition) is 6. The molecule has 0 radical (unpaired) electrons. The molecule has 0 spiro atoms. The van der Waals surface area contributed by atoms with E-state index in [9.17, 15) is 19.7 Å². The van der Waals surface area contributed by atoms with Crippen molar-refractivity contribution in [2.45, 2.75) is 6.54 Å². The molecule has 2 rings (SSSR count). The van der Waals surface area contributed by atoms with Crippen molar-refractivity contribution in [1.29, 1.82) is 0 Å². The number of nitrogens with zero attached hydrogens (tertiary/aromatic N) is 4. The fraction of sp³-hybridized carbons (Fsp3) is 0.0909. The molecule has 0 fully saturated rings. The molecule has 2 aromatic rings. The Morgan fingerprint density at radius 3 is 2.33 bits per heavy atom. The van der Waals surface area contributed by atoms with E-state index in [1.807, 2.05) is 0 Å². The lowest BCUT2D eigenvalue weighted by atomic mass is 10.1. The molecule has 2 N–H and O–H groups in total. The largest absolute Gasteiger partial charge is 0.480 e. The van der Waals surface area contributed by atoms with Gasteiger partial charge in [0, 0.05) is 17.7 Å². The standard InChI is InChI=1S/C11H8N4O6/c16-8(17)5-14-10(9(11(18)19)12-13-14)6-1-3-7(4-2-6)15(20)21/h1-4H,5H2,(H,16,17)(H,18,19). The fourth-order valence-corrected chi connectivity index (χ4v) is 1.72. The minimum absolute atomic E-state index is 0.0280. The number of nitro benzene ring substituents is 1. The zero-order valence-corrected chi connectivity index (χ0v) is 10.3. The molecule has 0 amide bonds. The third kappa shape index (κ3) is 2.83. The van der Waals surface area contributed by atoms with E-state index in [0.717, 1.165) is 4.68 Å². The van der Waals surface area contributed by atoms with Gasteiger partial charge in [0.25, 0.3) is 5.69 Å². The molecule has 0 atom stereocenters. The summed E-state index contributed by atoms with van der Waals surface area (Å²) in [5.41, 5.74) is -0.359. The van der Waals surface area contributed by atoms with Crippen LogP contribution in [0.3, 0.4) is 0 Å². The predicted octanol–water partition coefficient (Wildman–Crippen LogP) is 0.636. The number of benzene rings is 1. The van der Waals surface area contributed by atoms with Gasteiger partial charge >= 0.3 is 11.9 Å². The molecule has 1 aromatic heterocycles. The molecule has 0 aliphatic carbocycles. The van der Waals surface area contributed by atoms with Gasteiger partial charge < -0.3 is 10.2 Å². The second kappa shape index (κ2) is 5.36. The lowest BCUT2D eigenvalue weighted by Gasteiger charge is -2.04. The summed E-state index contributed by atoms with van der Waals surface area (Å²) >= 11 is 0. The topological polar surface area (TPSA) is 148 Å². The van der Waals surface area contributed by atoms with Crippen molar-refractivity contribution in [1.82, 2.24) is 15.0 Å². The van der Waals surface area contributed by atoms with Crippen LogP contribution < -0.4 is 0 Å². The van der Waals surface area contributed by atoms with Crippen LogP contribution in [0.2, 0.25) is 0 Å². The number of carbonyl (C=O) groups is 2. The number of nitro groups is 1. The number of rotatable bonds is 5. The number of hydrogen-bond donors (Lipinski definition) is 2. The summed E-state index contributed by atoms with van der Waals surface area (Å²) < 4.78 is 0.910. The molecule has 0 aliphatic rings. The average Bonchev–Trinajstić information content (AvgIpc) is 2.81. The zero-order valence-electron chi connectivity index (χ0n) is 10.3. The highest BCUT2D eigenvalue weighted by molar-refractivity contribution is 5.93. The van der Waals surface area contributed by atoms with Crippen molar-refractivity contribution in [3.63, 3.8) is 0 Å². The normalized spacial score (nSPS) is 10.3. The minimum Gasteiger partial charge on any atom is -0.480 e. The molecule has 0 saturated carbocycles. The van der Waals surface area contributed by atoms with Crippen LogP contribution in [0.4, 0.5) is 5.69 Å². The Kier molecular flexibility index (Phi) is 3.61. The maximum atomic E-state index is 11.1. The molecule has 108 valence electrons. The third-order valence-electron chi connectivity index (χ3n) is 2.57. The number of carboxylic acid groups (broad SMARTS) is 2. The van der Waals surface area contributed by atoms with E-state index in [1.165, 1.54) is 24.3 Å². The van der Waals surface area contributed by atoms with Crippen LogP contribution in [0.15, 0.2) is 24.3 Å². The summed E-state index contributed by atoms with van der Waals surface area (Å²) in [6.45, 7) is -0.577. The fourth-order valence-electron chi connectivity index (χ4n) is 1.72. The Morgan fingerprint density at radius 2 is 1.86 bits per heavy atom. The number of non-ortho nitro benzene ring substituents is 1. The van der Waals surface area contributed by atoms with Crippen LogP contribution in [-0.2, 0) is 11.3 Å². The second-order valence-corrected chi connectivity index (χ2v) is 3.95. The van der Waals surface area contributed by atoms with E-state index in [0.29, 0.717) is 0 Å². The van der Waals surface area contributed by atoms with Crippen molar-refractivity contribution < 1.29 is 24.7 Å². The molecule has 0 bridgehead atoms. The molecule has 0 saturated heterocycles. The number of aliphatic carboxylic acids is 1. The summed E-state index contributed by atoms with van der Waals surface area (Å²) in [6.07, 6.45) is 0. The highest BCUT2D eigenvalue weighted by atomic mass is 16.6. The van der Waals surface area contributed by atoms with E-state index >= 15 is 0 Å². The summed E-state index contributed by atoms with van der Waals surface area (Å²) in [5, 5.41) is 35.3. The van der Waals surface area contributed by atoms with Crippen LogP contribution in [0.5, 0.6) is 0 Å². The first-order valence-electron chi connectivity index (χ1n) is 5.53. The predicted molar refractivity (Wildman–Crippen MR) is 66.7 cm³/mol. The molecule has 0 unspecified atom stereocenters. The van der Waals surface area contributed by atoms with E-state index in [1.54, 1.807) is 0 Å². The van der Waals surface area contributed by atoms with Gasteiger partial charge in [-0.3, -0.25) is 14.9 Å². The Morgan fingerprint density at radius 1 is 1.24 bits per heavy atom. The van der Waals surface area contributed by atoms with Crippen molar-refractivity contribution in [3.8, 4) is 11.3 Å². The Labute approximate surface area is 116 Å². The van der Waals surface area contributed by atoms with E-state index in [-0.39, 0.29) is 16.9 Å². The van der Waals surface area contributed by atoms with E-state index < -0.39 is 29.1 Å². The average molecular weight is 292 g/mol. The third-order valence-corrected chi connectivity index (χ3v) is 2.57. The summed E-state index contributed by atoms with van der Waals surface area (Å²) in [7, 11) is 0. The van der Waals surface area contributed by atoms with E-state index in [4.69, 9.17) is 10.2 Å². The van der Waals surface area contributed by atoms with Crippen LogP contribution >= 0.6 is 0 Å². The van der Waals surface area contributed by atoms with Gasteiger partial charge in [0.05, 0.1) is 4.92 Å². The highest BCUT2D eigenvalue weighted by Gasteiger charge is 2.22. The summed E-state index contributed by atoms with van der Waals surface area (Å²) in [4.78, 5) is 31.8. The van der Waals surface area contributed by atoms with Crippen LogP contribution in [0.1, 0.15) is 10.5 Å². The Hall–Kier alpha value is -3.30. The van der Waals surface area contributed by atoms with Crippen molar-refractivity contribution in [3.05, 3.63) is 40.1 Å². The molecule has 0 aliphatic heterocycles. The monoisotopic (exact) mass is 292 g/mol. The van der Waals surface area contributed by atoms with Crippen LogP contribution in [0.25, 0.3) is 11.3 Å². The smallest absolute Gasteiger partial charge is 0.358 e. The van der Waals surface area contributed by atoms with Gasteiger partial charge in [-0.2, -0.15) is 0 Å². The summed E-state index contributed by atoms with van der Waals surface area (Å²) in [5.74, 6) is -2.60. The SMILES string of the molecule is O=C(O)Cn1nnc(C(=O)O)c1-c1ccc([N+](=O)[O-])cc1. The van der Waals surface area contributed by atoms with Crippen molar-refractivity contribution >= 4 is 17.6 Å². The number of aromatic carboxylic acids is 1. The van der Waals surface area contributed by atoms with Crippen LogP contribution in [-0.4, -0.2) is 42.1 Å². The summed E-state index contributed by atoms with van der Waals surface area (Å²) in [6, 6.07) is 4.97. The van der Waals surface area contributed by atoms with Crippen molar-refractivity contribution in [2.75, 3.05) is 0 Å². The maximum Gasteiger partial charge on any atom is 0.358 e. The van der Waals surface area contributed by atoms with E-state index in [2.05, 4.69) is 10.3 Å². The lowest BCUT2D eigenvalue weighted by Crippen LogP contribution is -2.12. The minimum atomic E-state index is -1.38. The zero-order chi connectivity index (χ0) is 15.6. The van der Waals surface area contributed by atoms with Gasteiger partial charge in [0.15, 0.2) is 5.69 Å². The number of carboxylic acids is 2. The van der Waals surface area contributed by atoms with Gasteiger partial charge in [-0.05, 0) is 12.1 Å². The molecule has 10 heteroatoms. The Bertz CT molecular complexity index is 721. The second-order valence-electron chi connectivity index (χ2n) is 3.95. The molecule has 1 heterocycles. The lowest BCUT2D eigenvalue weighted by molar-refractivity contribution is -0.384. The maximum absolute atomic E-state index is 11.1. The first kappa shape index (κ1) is 14.1. The van der Waals surface area contributed by atoms with Gasteiger partial charge in [-0.1, -0.05) is 5.21 Å². The first-order valence-corrected chi connectivity index (χ1v) is 5.53. The molecular formula is C11H8N4O6. The van der Waals surface area contributed by atoms with Gasteiger partial charge in [0.1, 0.15) is 12.2 Å². The molecule has 10 nitrogen and oxygen atoms in total. The quantitative estimate of drug-likeness (QED) is 0.602. The van der Waals surface area contributed by atoms with Crippen molar-refractivity contribution in [2.24, 2.45) is 0 Å². The van der Waals surface area contributed by atoms with Crippen LogP contribution in [0, 0.1) is 10.1 Å². The van der Waals surface area contributed by atoms with Gasteiger partial charge in [0.2, 0.25) is 0 Å². The number of aromatic nitrogens is 3. The van der Waals surface area contributed by atoms with Gasteiger partial charge in [-0.15, -0.1) is 5.10 Å². The Balaban J connectivity index is 2.54.